The first-order chi connectivity index (χ1) is 11.9. The lowest BCUT2D eigenvalue weighted by Gasteiger charge is -2.20. The van der Waals surface area contributed by atoms with Gasteiger partial charge < -0.3 is 4.74 Å². The first kappa shape index (κ1) is 17.2. The molecule has 3 rings (SSSR count). The number of non-ortho nitro benzene ring substituents is 1. The normalized spacial score (nSPS) is 16.4. The van der Waals surface area contributed by atoms with Crippen molar-refractivity contribution in [3.8, 4) is 0 Å². The molecule has 0 bridgehead atoms. The number of halogens is 2. The Morgan fingerprint density at radius 2 is 1.96 bits per heavy atom. The highest BCUT2D eigenvalue weighted by Crippen LogP contribution is 2.36. The Balaban J connectivity index is 1.99. The lowest BCUT2D eigenvalue weighted by Crippen LogP contribution is -2.25. The van der Waals surface area contributed by atoms with Crippen LogP contribution in [0.2, 0.25) is 10.0 Å². The van der Waals surface area contributed by atoms with Crippen LogP contribution < -0.4 is 0 Å². The van der Waals surface area contributed by atoms with Crippen LogP contribution in [0.25, 0.3) is 0 Å². The fraction of sp³-hybridized carbons (Fsp3) is 0.125. The van der Waals surface area contributed by atoms with Crippen LogP contribution in [0.5, 0.6) is 0 Å². The molecule has 1 heterocycles. The van der Waals surface area contributed by atoms with Gasteiger partial charge in [0.2, 0.25) is 18.0 Å². The summed E-state index contributed by atoms with van der Waals surface area (Å²) >= 11 is 12.3. The number of benzene rings is 2. The smallest absolute Gasteiger partial charge is 0.270 e. The zero-order valence-electron chi connectivity index (χ0n) is 12.8. The molecule has 1 aliphatic heterocycles. The van der Waals surface area contributed by atoms with Crippen LogP contribution in [0.1, 0.15) is 24.3 Å². The SMILES string of the molecule is CC(=O)N1N=C(c2ccccc2Cl)O[C@H]1c1ccc([N+](=O)[O-])cc1Cl. The summed E-state index contributed by atoms with van der Waals surface area (Å²) in [6.07, 6.45) is -0.933. The molecule has 0 aromatic heterocycles. The highest BCUT2D eigenvalue weighted by Gasteiger charge is 2.35. The quantitative estimate of drug-likeness (QED) is 0.592. The molecule has 0 fully saturated rings. The number of nitro groups is 1. The molecule has 2 aromatic rings. The molecular weight excluding hydrogens is 369 g/mol. The van der Waals surface area contributed by atoms with Crippen molar-refractivity contribution in [2.45, 2.75) is 13.2 Å². The van der Waals surface area contributed by atoms with Crippen LogP contribution in [-0.2, 0) is 9.53 Å². The standard InChI is InChI=1S/C16H11Cl2N3O4/c1-9(22)20-16(12-7-6-10(21(23)24)8-14(12)18)25-15(19-20)11-4-2-3-5-13(11)17/h2-8,16H,1H3/t16-/m0/s1. The summed E-state index contributed by atoms with van der Waals surface area (Å²) in [5.41, 5.74) is 0.748. The molecular formula is C16H11Cl2N3O4. The number of carbonyl (C=O) groups is 1. The first-order valence-corrected chi connectivity index (χ1v) is 7.88. The minimum Gasteiger partial charge on any atom is -0.446 e. The number of rotatable bonds is 3. The van der Waals surface area contributed by atoms with E-state index in [1.165, 1.54) is 25.1 Å². The van der Waals surface area contributed by atoms with Gasteiger partial charge in [-0.2, -0.15) is 5.01 Å². The number of amides is 1. The largest absolute Gasteiger partial charge is 0.446 e. The van der Waals surface area contributed by atoms with Crippen molar-refractivity contribution >= 4 is 40.7 Å². The summed E-state index contributed by atoms with van der Waals surface area (Å²) in [4.78, 5) is 22.2. The predicted octanol–water partition coefficient (Wildman–Crippen LogP) is 4.14. The van der Waals surface area contributed by atoms with Gasteiger partial charge in [-0.1, -0.05) is 35.3 Å². The van der Waals surface area contributed by atoms with Crippen molar-refractivity contribution in [2.24, 2.45) is 5.10 Å². The van der Waals surface area contributed by atoms with Crippen molar-refractivity contribution in [1.29, 1.82) is 0 Å². The monoisotopic (exact) mass is 379 g/mol. The second-order valence-corrected chi connectivity index (χ2v) is 6.00. The Bertz CT molecular complexity index is 901. The third-order valence-electron chi connectivity index (χ3n) is 3.53. The molecule has 0 N–H and O–H groups in total. The van der Waals surface area contributed by atoms with E-state index in [0.29, 0.717) is 16.1 Å². The molecule has 0 spiro atoms. The van der Waals surface area contributed by atoms with Crippen molar-refractivity contribution < 1.29 is 14.5 Å². The van der Waals surface area contributed by atoms with Crippen LogP contribution in [0.15, 0.2) is 47.6 Å². The second-order valence-electron chi connectivity index (χ2n) is 5.18. The maximum atomic E-state index is 11.9. The molecule has 128 valence electrons. The Morgan fingerprint density at radius 1 is 1.24 bits per heavy atom. The zero-order valence-corrected chi connectivity index (χ0v) is 14.4. The molecule has 0 radical (unpaired) electrons. The van der Waals surface area contributed by atoms with Crippen LogP contribution in [0.4, 0.5) is 5.69 Å². The highest BCUT2D eigenvalue weighted by molar-refractivity contribution is 6.34. The minimum absolute atomic E-state index is 0.0982. The van der Waals surface area contributed by atoms with Gasteiger partial charge in [0.1, 0.15) is 0 Å². The number of hydrogen-bond donors (Lipinski definition) is 0. The molecule has 7 nitrogen and oxygen atoms in total. The zero-order chi connectivity index (χ0) is 18.1. The van der Waals surface area contributed by atoms with Gasteiger partial charge >= 0.3 is 0 Å². The van der Waals surface area contributed by atoms with Crippen LogP contribution in [0, 0.1) is 10.1 Å². The fourth-order valence-corrected chi connectivity index (χ4v) is 2.83. The third-order valence-corrected chi connectivity index (χ3v) is 4.19. The number of nitro benzene ring substituents is 1. The van der Waals surface area contributed by atoms with Gasteiger partial charge in [0, 0.05) is 24.6 Å². The van der Waals surface area contributed by atoms with Crippen molar-refractivity contribution in [3.05, 3.63) is 73.8 Å². The Hall–Kier alpha value is -2.64. The Kier molecular flexibility index (Phi) is 4.61. The lowest BCUT2D eigenvalue weighted by atomic mass is 10.1. The van der Waals surface area contributed by atoms with Gasteiger partial charge in [0.05, 0.1) is 20.5 Å². The van der Waals surface area contributed by atoms with Crippen LogP contribution in [0.3, 0.4) is 0 Å². The van der Waals surface area contributed by atoms with E-state index < -0.39 is 11.2 Å². The van der Waals surface area contributed by atoms with E-state index in [1.54, 1.807) is 24.3 Å². The molecule has 0 aliphatic carbocycles. The number of hydrazone groups is 1. The summed E-state index contributed by atoms with van der Waals surface area (Å²) in [5.74, 6) is -0.207. The lowest BCUT2D eigenvalue weighted by molar-refractivity contribution is -0.384. The average Bonchev–Trinajstić information content (AvgIpc) is 3.00. The van der Waals surface area contributed by atoms with E-state index in [9.17, 15) is 14.9 Å². The second kappa shape index (κ2) is 6.70. The molecule has 1 amide bonds. The minimum atomic E-state index is -0.933. The summed E-state index contributed by atoms with van der Waals surface area (Å²) in [6, 6.07) is 10.8. The summed E-state index contributed by atoms with van der Waals surface area (Å²) in [7, 11) is 0. The molecule has 9 heteroatoms. The van der Waals surface area contributed by atoms with Gasteiger partial charge in [0.25, 0.3) is 5.69 Å². The first-order valence-electron chi connectivity index (χ1n) is 7.12. The number of carbonyl (C=O) groups excluding carboxylic acids is 1. The topological polar surface area (TPSA) is 85.0 Å². The van der Waals surface area contributed by atoms with Gasteiger partial charge in [-0.05, 0) is 18.2 Å². The van der Waals surface area contributed by atoms with E-state index in [4.69, 9.17) is 27.9 Å². The van der Waals surface area contributed by atoms with Crippen molar-refractivity contribution in [1.82, 2.24) is 5.01 Å². The van der Waals surface area contributed by atoms with Crippen molar-refractivity contribution in [2.75, 3.05) is 0 Å². The summed E-state index contributed by atoms with van der Waals surface area (Å²) in [5, 5.41) is 16.7. The van der Waals surface area contributed by atoms with Crippen molar-refractivity contribution in [3.63, 3.8) is 0 Å². The van der Waals surface area contributed by atoms with Gasteiger partial charge in [0.15, 0.2) is 0 Å². The van der Waals surface area contributed by atoms with E-state index in [1.807, 2.05) is 0 Å². The fourth-order valence-electron chi connectivity index (χ4n) is 2.34. The van der Waals surface area contributed by atoms with Gasteiger partial charge in [-0.3, -0.25) is 14.9 Å². The molecule has 0 saturated heterocycles. The summed E-state index contributed by atoms with van der Waals surface area (Å²) in [6.45, 7) is 1.33. The average molecular weight is 380 g/mol. The number of nitrogens with zero attached hydrogens (tertiary/aromatic N) is 3. The molecule has 0 unspecified atom stereocenters. The van der Waals surface area contributed by atoms with E-state index >= 15 is 0 Å². The van der Waals surface area contributed by atoms with Crippen LogP contribution in [-0.4, -0.2) is 21.7 Å². The molecule has 1 aliphatic rings. The van der Waals surface area contributed by atoms with Gasteiger partial charge in [-0.25, -0.2) is 0 Å². The van der Waals surface area contributed by atoms with E-state index in [-0.39, 0.29) is 22.5 Å². The predicted molar refractivity (Wildman–Crippen MR) is 92.4 cm³/mol. The Labute approximate surface area is 152 Å². The van der Waals surface area contributed by atoms with Crippen LogP contribution >= 0.6 is 23.2 Å². The highest BCUT2D eigenvalue weighted by atomic mass is 35.5. The Morgan fingerprint density at radius 3 is 2.56 bits per heavy atom. The number of hydrogen-bond acceptors (Lipinski definition) is 5. The molecule has 25 heavy (non-hydrogen) atoms. The molecule has 0 saturated carbocycles. The maximum absolute atomic E-state index is 11.9. The third kappa shape index (κ3) is 3.29. The van der Waals surface area contributed by atoms with E-state index in [2.05, 4.69) is 5.10 Å². The molecule has 2 aromatic carbocycles. The summed E-state index contributed by atoms with van der Waals surface area (Å²) < 4.78 is 5.79. The molecule has 1 atom stereocenters. The van der Waals surface area contributed by atoms with Gasteiger partial charge in [-0.15, -0.1) is 5.10 Å². The maximum Gasteiger partial charge on any atom is 0.270 e. The van der Waals surface area contributed by atoms with E-state index in [0.717, 1.165) is 5.01 Å². The number of ether oxygens (including phenoxy) is 1.